The molecule has 0 spiro atoms. The van der Waals surface area contributed by atoms with Gasteiger partial charge in [0.15, 0.2) is 0 Å². The minimum Gasteiger partial charge on any atom is -0.381 e. The molecule has 2 heteroatoms. The molecular weight excluding hydrogens is 210 g/mol. The van der Waals surface area contributed by atoms with Crippen LogP contribution in [0.5, 0.6) is 0 Å². The average molecular weight is 241 g/mol. The van der Waals surface area contributed by atoms with Crippen LogP contribution in [0.25, 0.3) is 0 Å². The molecule has 1 aliphatic rings. The van der Waals surface area contributed by atoms with Gasteiger partial charge in [-0.1, -0.05) is 34.1 Å². The standard InChI is InChI=1S/C15H31NO/c1-13(2)10-16-12-15(6-5-7-15)8-9-17-11-14(3)4/h13-14,16H,5-12H2,1-4H3. The minimum absolute atomic E-state index is 0.561. The third kappa shape index (κ3) is 5.87. The number of ether oxygens (including phenoxy) is 1. The van der Waals surface area contributed by atoms with E-state index < -0.39 is 0 Å². The van der Waals surface area contributed by atoms with Crippen LogP contribution >= 0.6 is 0 Å². The Bertz CT molecular complexity index is 197. The summed E-state index contributed by atoms with van der Waals surface area (Å²) in [7, 11) is 0. The van der Waals surface area contributed by atoms with Crippen LogP contribution in [-0.4, -0.2) is 26.3 Å². The van der Waals surface area contributed by atoms with Gasteiger partial charge >= 0.3 is 0 Å². The molecule has 0 unspecified atom stereocenters. The number of rotatable bonds is 9. The first-order valence-electron chi connectivity index (χ1n) is 7.32. The maximum atomic E-state index is 5.73. The van der Waals surface area contributed by atoms with Crippen molar-refractivity contribution in [3.63, 3.8) is 0 Å². The lowest BCUT2D eigenvalue weighted by Gasteiger charge is -2.42. The third-order valence-electron chi connectivity index (χ3n) is 3.69. The molecule has 0 aromatic heterocycles. The molecule has 1 N–H and O–H groups in total. The van der Waals surface area contributed by atoms with Crippen LogP contribution < -0.4 is 5.32 Å². The lowest BCUT2D eigenvalue weighted by molar-refractivity contribution is 0.0400. The summed E-state index contributed by atoms with van der Waals surface area (Å²) in [6.45, 7) is 13.2. The zero-order chi connectivity index (χ0) is 12.7. The first kappa shape index (κ1) is 15.0. The fraction of sp³-hybridized carbons (Fsp3) is 1.00. The largest absolute Gasteiger partial charge is 0.381 e. The predicted octanol–water partition coefficient (Wildman–Crippen LogP) is 3.47. The Hall–Kier alpha value is -0.0800. The Morgan fingerprint density at radius 1 is 1.12 bits per heavy atom. The van der Waals surface area contributed by atoms with Crippen LogP contribution in [0.2, 0.25) is 0 Å². The highest BCUT2D eigenvalue weighted by atomic mass is 16.5. The van der Waals surface area contributed by atoms with Gasteiger partial charge in [0.2, 0.25) is 0 Å². The van der Waals surface area contributed by atoms with E-state index in [0.29, 0.717) is 11.3 Å². The van der Waals surface area contributed by atoms with Gasteiger partial charge in [-0.25, -0.2) is 0 Å². The molecule has 0 heterocycles. The molecule has 1 rings (SSSR count). The van der Waals surface area contributed by atoms with E-state index in [9.17, 15) is 0 Å². The number of hydrogen-bond acceptors (Lipinski definition) is 2. The lowest BCUT2D eigenvalue weighted by atomic mass is 9.66. The summed E-state index contributed by atoms with van der Waals surface area (Å²) in [5, 5.41) is 3.62. The third-order valence-corrected chi connectivity index (χ3v) is 3.69. The Morgan fingerprint density at radius 3 is 2.29 bits per heavy atom. The van der Waals surface area contributed by atoms with Crippen LogP contribution in [0, 0.1) is 17.3 Å². The van der Waals surface area contributed by atoms with Gasteiger partial charge < -0.3 is 10.1 Å². The maximum absolute atomic E-state index is 5.73. The van der Waals surface area contributed by atoms with E-state index in [1.165, 1.54) is 32.2 Å². The van der Waals surface area contributed by atoms with E-state index in [1.54, 1.807) is 0 Å². The predicted molar refractivity (Wildman–Crippen MR) is 74.3 cm³/mol. The molecule has 1 aliphatic carbocycles. The highest BCUT2D eigenvalue weighted by molar-refractivity contribution is 4.89. The van der Waals surface area contributed by atoms with Crippen molar-refractivity contribution in [2.45, 2.75) is 53.4 Å². The molecule has 17 heavy (non-hydrogen) atoms. The molecule has 0 radical (unpaired) electrons. The van der Waals surface area contributed by atoms with Gasteiger partial charge in [-0.2, -0.15) is 0 Å². The molecule has 0 aromatic carbocycles. The van der Waals surface area contributed by atoms with Crippen LogP contribution in [0.1, 0.15) is 53.4 Å². The van der Waals surface area contributed by atoms with Crippen LogP contribution in [0.15, 0.2) is 0 Å². The quantitative estimate of drug-likeness (QED) is 0.624. The number of nitrogens with one attached hydrogen (secondary N) is 1. The fourth-order valence-corrected chi connectivity index (χ4v) is 2.43. The molecule has 0 saturated heterocycles. The van der Waals surface area contributed by atoms with Gasteiger partial charge in [-0.05, 0) is 43.1 Å². The fourth-order valence-electron chi connectivity index (χ4n) is 2.43. The average Bonchev–Trinajstić information content (AvgIpc) is 2.18. The van der Waals surface area contributed by atoms with E-state index in [1.807, 2.05) is 0 Å². The van der Waals surface area contributed by atoms with E-state index in [2.05, 4.69) is 33.0 Å². The summed E-state index contributed by atoms with van der Waals surface area (Å²) < 4.78 is 5.73. The Kier molecular flexibility index (Phi) is 6.50. The molecule has 0 aromatic rings. The zero-order valence-corrected chi connectivity index (χ0v) is 12.2. The molecule has 1 saturated carbocycles. The lowest BCUT2D eigenvalue weighted by Crippen LogP contribution is -2.41. The topological polar surface area (TPSA) is 21.3 Å². The summed E-state index contributed by atoms with van der Waals surface area (Å²) in [6, 6.07) is 0. The van der Waals surface area contributed by atoms with Crippen molar-refractivity contribution in [3.8, 4) is 0 Å². The van der Waals surface area contributed by atoms with Crippen molar-refractivity contribution < 1.29 is 4.74 Å². The van der Waals surface area contributed by atoms with Crippen molar-refractivity contribution in [2.24, 2.45) is 17.3 Å². The van der Waals surface area contributed by atoms with Gasteiger partial charge in [0.05, 0.1) is 0 Å². The van der Waals surface area contributed by atoms with Crippen LogP contribution in [-0.2, 0) is 4.74 Å². The zero-order valence-electron chi connectivity index (χ0n) is 12.2. The smallest absolute Gasteiger partial charge is 0.0488 e. The maximum Gasteiger partial charge on any atom is 0.0488 e. The van der Waals surface area contributed by atoms with Crippen molar-refractivity contribution in [1.29, 1.82) is 0 Å². The van der Waals surface area contributed by atoms with Gasteiger partial charge in [-0.3, -0.25) is 0 Å². The molecule has 0 aliphatic heterocycles. The highest BCUT2D eigenvalue weighted by Crippen LogP contribution is 2.43. The SMILES string of the molecule is CC(C)CNCC1(CCOCC(C)C)CCC1. The summed E-state index contributed by atoms with van der Waals surface area (Å²) in [5.74, 6) is 1.41. The van der Waals surface area contributed by atoms with Gasteiger partial charge in [0.25, 0.3) is 0 Å². The molecular formula is C15H31NO. The summed E-state index contributed by atoms with van der Waals surface area (Å²) in [5.41, 5.74) is 0.561. The van der Waals surface area contributed by atoms with E-state index >= 15 is 0 Å². The van der Waals surface area contributed by atoms with Crippen molar-refractivity contribution in [2.75, 3.05) is 26.3 Å². The molecule has 0 atom stereocenters. The number of hydrogen-bond donors (Lipinski definition) is 1. The van der Waals surface area contributed by atoms with E-state index in [0.717, 1.165) is 25.7 Å². The summed E-state index contributed by atoms with van der Waals surface area (Å²) >= 11 is 0. The molecule has 0 amide bonds. The minimum atomic E-state index is 0.561. The second-order valence-electron chi connectivity index (χ2n) is 6.60. The van der Waals surface area contributed by atoms with Crippen molar-refractivity contribution >= 4 is 0 Å². The molecule has 2 nitrogen and oxygen atoms in total. The van der Waals surface area contributed by atoms with E-state index in [4.69, 9.17) is 4.74 Å². The first-order valence-corrected chi connectivity index (χ1v) is 7.32. The molecule has 1 fully saturated rings. The van der Waals surface area contributed by atoms with Gasteiger partial charge in [0.1, 0.15) is 0 Å². The normalized spacial score (nSPS) is 18.7. The highest BCUT2D eigenvalue weighted by Gasteiger charge is 2.35. The van der Waals surface area contributed by atoms with Crippen LogP contribution in [0.4, 0.5) is 0 Å². The molecule has 0 bridgehead atoms. The second kappa shape index (κ2) is 7.38. The summed E-state index contributed by atoms with van der Waals surface area (Å²) in [6.07, 6.45) is 5.44. The Morgan fingerprint density at radius 2 is 1.82 bits per heavy atom. The van der Waals surface area contributed by atoms with Crippen LogP contribution in [0.3, 0.4) is 0 Å². The monoisotopic (exact) mass is 241 g/mol. The molecule has 102 valence electrons. The van der Waals surface area contributed by atoms with E-state index in [-0.39, 0.29) is 0 Å². The Labute approximate surface area is 108 Å². The first-order chi connectivity index (χ1) is 8.04. The van der Waals surface area contributed by atoms with Gasteiger partial charge in [0, 0.05) is 19.8 Å². The summed E-state index contributed by atoms with van der Waals surface area (Å²) in [4.78, 5) is 0. The van der Waals surface area contributed by atoms with Crippen molar-refractivity contribution in [1.82, 2.24) is 5.32 Å². The van der Waals surface area contributed by atoms with Gasteiger partial charge in [-0.15, -0.1) is 0 Å². The second-order valence-corrected chi connectivity index (χ2v) is 6.60. The Balaban J connectivity index is 2.12. The van der Waals surface area contributed by atoms with Crippen molar-refractivity contribution in [3.05, 3.63) is 0 Å².